The number of aliphatic hydroxyl groups excluding tert-OH is 1. The van der Waals surface area contributed by atoms with E-state index in [0.717, 1.165) is 22.3 Å². The third kappa shape index (κ3) is 4.15. The normalized spacial score (nSPS) is 13.1. The van der Waals surface area contributed by atoms with Gasteiger partial charge in [-0.1, -0.05) is 60.7 Å². The van der Waals surface area contributed by atoms with Gasteiger partial charge in [-0.05, 0) is 39.9 Å². The molecular formula is C25H23NO5. The van der Waals surface area contributed by atoms with E-state index in [2.05, 4.69) is 34.3 Å². The van der Waals surface area contributed by atoms with Gasteiger partial charge in [0, 0.05) is 5.92 Å². The zero-order valence-electron chi connectivity index (χ0n) is 17.1. The van der Waals surface area contributed by atoms with Gasteiger partial charge in [-0.25, -0.2) is 9.59 Å². The SMILES string of the molecule is COC(=O)c1ccc(C(CO)NC(=O)OCC2c3ccccc3-c3ccccc32)cc1. The Morgan fingerprint density at radius 2 is 1.52 bits per heavy atom. The number of hydrogen-bond donors (Lipinski definition) is 2. The van der Waals surface area contributed by atoms with E-state index in [1.54, 1.807) is 24.3 Å². The lowest BCUT2D eigenvalue weighted by molar-refractivity contribution is 0.0600. The number of carbonyl (C=O) groups is 2. The minimum absolute atomic E-state index is 0.0370. The molecule has 3 aromatic rings. The maximum atomic E-state index is 12.5. The second-order valence-electron chi connectivity index (χ2n) is 7.32. The second kappa shape index (κ2) is 9.02. The molecule has 158 valence electrons. The lowest BCUT2D eigenvalue weighted by Gasteiger charge is -2.19. The smallest absolute Gasteiger partial charge is 0.407 e. The number of aliphatic hydroxyl groups is 1. The number of esters is 1. The Morgan fingerprint density at radius 1 is 0.935 bits per heavy atom. The highest BCUT2D eigenvalue weighted by Crippen LogP contribution is 2.44. The molecule has 1 amide bonds. The number of alkyl carbamates (subject to hydrolysis) is 1. The van der Waals surface area contributed by atoms with Crippen molar-refractivity contribution in [1.82, 2.24) is 5.32 Å². The van der Waals surface area contributed by atoms with Crippen LogP contribution in [0.5, 0.6) is 0 Å². The number of ether oxygens (including phenoxy) is 2. The molecule has 1 aliphatic rings. The van der Waals surface area contributed by atoms with Crippen molar-refractivity contribution in [2.24, 2.45) is 0 Å². The number of methoxy groups -OCH3 is 1. The molecule has 1 unspecified atom stereocenters. The number of fused-ring (bicyclic) bond motifs is 3. The molecular weight excluding hydrogens is 394 g/mol. The van der Waals surface area contributed by atoms with Gasteiger partial charge in [0.1, 0.15) is 6.61 Å². The Kier molecular flexibility index (Phi) is 6.00. The molecule has 0 bridgehead atoms. The molecule has 0 heterocycles. The van der Waals surface area contributed by atoms with Gasteiger partial charge in [0.05, 0.1) is 25.3 Å². The van der Waals surface area contributed by atoms with Crippen LogP contribution in [-0.4, -0.2) is 37.5 Å². The Bertz CT molecular complexity index is 1050. The summed E-state index contributed by atoms with van der Waals surface area (Å²) in [5, 5.41) is 12.4. The Balaban J connectivity index is 1.42. The van der Waals surface area contributed by atoms with E-state index in [9.17, 15) is 14.7 Å². The summed E-state index contributed by atoms with van der Waals surface area (Å²) in [6.07, 6.45) is -0.613. The number of rotatable bonds is 6. The maximum Gasteiger partial charge on any atom is 0.407 e. The second-order valence-corrected chi connectivity index (χ2v) is 7.32. The van der Waals surface area contributed by atoms with Crippen LogP contribution in [0, 0.1) is 0 Å². The first-order valence-electron chi connectivity index (χ1n) is 10.0. The lowest BCUT2D eigenvalue weighted by atomic mass is 9.98. The molecule has 0 radical (unpaired) electrons. The van der Waals surface area contributed by atoms with Crippen LogP contribution in [0.4, 0.5) is 4.79 Å². The first-order valence-corrected chi connectivity index (χ1v) is 10.0. The van der Waals surface area contributed by atoms with Crippen LogP contribution >= 0.6 is 0 Å². The fourth-order valence-corrected chi connectivity index (χ4v) is 3.99. The van der Waals surface area contributed by atoms with E-state index < -0.39 is 18.1 Å². The molecule has 4 rings (SSSR count). The van der Waals surface area contributed by atoms with Crippen LogP contribution in [0.1, 0.15) is 39.0 Å². The van der Waals surface area contributed by atoms with Crippen LogP contribution in [0.3, 0.4) is 0 Å². The molecule has 2 N–H and O–H groups in total. The summed E-state index contributed by atoms with van der Waals surface area (Å²) in [6.45, 7) is -0.110. The first-order chi connectivity index (χ1) is 15.1. The summed E-state index contributed by atoms with van der Waals surface area (Å²) in [4.78, 5) is 24.0. The van der Waals surface area contributed by atoms with Gasteiger partial charge in [-0.3, -0.25) is 0 Å². The molecule has 0 saturated heterocycles. The van der Waals surface area contributed by atoms with Gasteiger partial charge in [-0.2, -0.15) is 0 Å². The lowest BCUT2D eigenvalue weighted by Crippen LogP contribution is -2.32. The monoisotopic (exact) mass is 417 g/mol. The Morgan fingerprint density at radius 3 is 2.06 bits per heavy atom. The minimum Gasteiger partial charge on any atom is -0.465 e. The number of hydrogen-bond acceptors (Lipinski definition) is 5. The minimum atomic E-state index is -0.651. The number of amides is 1. The van der Waals surface area contributed by atoms with Crippen LogP contribution in [0.15, 0.2) is 72.8 Å². The molecule has 31 heavy (non-hydrogen) atoms. The third-order valence-corrected chi connectivity index (χ3v) is 5.55. The van der Waals surface area contributed by atoms with Crippen molar-refractivity contribution in [3.63, 3.8) is 0 Å². The van der Waals surface area contributed by atoms with Crippen molar-refractivity contribution in [3.8, 4) is 11.1 Å². The van der Waals surface area contributed by atoms with Gasteiger partial charge in [0.25, 0.3) is 0 Å². The molecule has 0 aromatic heterocycles. The number of nitrogens with one attached hydrogen (secondary N) is 1. The predicted molar refractivity (Wildman–Crippen MR) is 116 cm³/mol. The molecule has 6 nitrogen and oxygen atoms in total. The summed E-state index contributed by atoms with van der Waals surface area (Å²) < 4.78 is 10.2. The van der Waals surface area contributed by atoms with Crippen molar-refractivity contribution in [2.45, 2.75) is 12.0 Å². The van der Waals surface area contributed by atoms with E-state index in [0.29, 0.717) is 11.1 Å². The van der Waals surface area contributed by atoms with E-state index in [1.165, 1.54) is 7.11 Å². The topological polar surface area (TPSA) is 84.9 Å². The van der Waals surface area contributed by atoms with Gasteiger partial charge in [0.15, 0.2) is 0 Å². The fourth-order valence-electron chi connectivity index (χ4n) is 3.99. The van der Waals surface area contributed by atoms with Crippen molar-refractivity contribution in [3.05, 3.63) is 95.1 Å². The zero-order chi connectivity index (χ0) is 21.8. The Labute approximate surface area is 180 Å². The molecule has 1 atom stereocenters. The zero-order valence-corrected chi connectivity index (χ0v) is 17.1. The molecule has 6 heteroatoms. The number of benzene rings is 3. The van der Waals surface area contributed by atoms with Crippen LogP contribution in [-0.2, 0) is 9.47 Å². The summed E-state index contributed by atoms with van der Waals surface area (Å²) in [5.74, 6) is -0.485. The molecule has 0 saturated carbocycles. The van der Waals surface area contributed by atoms with Gasteiger partial charge in [-0.15, -0.1) is 0 Å². The molecule has 3 aromatic carbocycles. The molecule has 1 aliphatic carbocycles. The summed E-state index contributed by atoms with van der Waals surface area (Å²) >= 11 is 0. The van der Waals surface area contributed by atoms with Crippen molar-refractivity contribution in [2.75, 3.05) is 20.3 Å². The average Bonchev–Trinajstić information content (AvgIpc) is 3.14. The van der Waals surface area contributed by atoms with Crippen LogP contribution < -0.4 is 5.32 Å². The van der Waals surface area contributed by atoms with E-state index in [4.69, 9.17) is 4.74 Å². The quantitative estimate of drug-likeness (QED) is 0.591. The standard InChI is InChI=1S/C25H23NO5/c1-30-24(28)17-12-10-16(11-13-17)23(14-27)26-25(29)31-15-22-20-8-4-2-6-18(20)19-7-3-5-9-21(19)22/h2-13,22-23,27H,14-15H2,1H3,(H,26,29). The summed E-state index contributed by atoms with van der Waals surface area (Å²) in [5.41, 5.74) is 5.63. The van der Waals surface area contributed by atoms with Gasteiger partial charge < -0.3 is 19.9 Å². The Hall–Kier alpha value is -3.64. The van der Waals surface area contributed by atoms with Crippen LogP contribution in [0.25, 0.3) is 11.1 Å². The highest BCUT2D eigenvalue weighted by Gasteiger charge is 2.29. The van der Waals surface area contributed by atoms with E-state index >= 15 is 0 Å². The molecule has 0 spiro atoms. The number of carbonyl (C=O) groups excluding carboxylic acids is 2. The van der Waals surface area contributed by atoms with E-state index in [-0.39, 0.29) is 19.1 Å². The third-order valence-electron chi connectivity index (χ3n) is 5.55. The average molecular weight is 417 g/mol. The highest BCUT2D eigenvalue weighted by atomic mass is 16.5. The summed E-state index contributed by atoms with van der Waals surface area (Å²) in [7, 11) is 1.31. The molecule has 0 fully saturated rings. The maximum absolute atomic E-state index is 12.5. The summed E-state index contributed by atoms with van der Waals surface area (Å²) in [6, 6.07) is 22.1. The predicted octanol–water partition coefficient (Wildman–Crippen LogP) is 4.05. The van der Waals surface area contributed by atoms with Gasteiger partial charge >= 0.3 is 12.1 Å². The fraction of sp³-hybridized carbons (Fsp3) is 0.200. The van der Waals surface area contributed by atoms with Gasteiger partial charge in [0.2, 0.25) is 0 Å². The molecule has 0 aliphatic heterocycles. The first kappa shape index (κ1) is 20.6. The van der Waals surface area contributed by atoms with Crippen molar-refractivity contribution in [1.29, 1.82) is 0 Å². The van der Waals surface area contributed by atoms with E-state index in [1.807, 2.05) is 24.3 Å². The van der Waals surface area contributed by atoms with Crippen molar-refractivity contribution >= 4 is 12.1 Å². The van der Waals surface area contributed by atoms with Crippen molar-refractivity contribution < 1.29 is 24.2 Å². The van der Waals surface area contributed by atoms with Crippen LogP contribution in [0.2, 0.25) is 0 Å². The highest BCUT2D eigenvalue weighted by molar-refractivity contribution is 5.89. The largest absolute Gasteiger partial charge is 0.465 e.